The smallest absolute Gasteiger partial charge is 0.329 e. The molecule has 1 fully saturated rings. The lowest BCUT2D eigenvalue weighted by molar-refractivity contribution is -0.148. The Balaban J connectivity index is 2.13. The van der Waals surface area contributed by atoms with Crippen LogP contribution in [0.1, 0.15) is 23.2 Å². The first-order valence-corrected chi connectivity index (χ1v) is 6.86. The summed E-state index contributed by atoms with van der Waals surface area (Å²) in [5.41, 5.74) is 0.202. The molecule has 21 heavy (non-hydrogen) atoms. The summed E-state index contributed by atoms with van der Waals surface area (Å²) in [6.07, 6.45) is 0.563. The van der Waals surface area contributed by atoms with Crippen molar-refractivity contribution >= 4 is 17.6 Å². The van der Waals surface area contributed by atoms with E-state index in [0.717, 1.165) is 5.69 Å². The van der Waals surface area contributed by atoms with E-state index < -0.39 is 11.5 Å². The van der Waals surface area contributed by atoms with E-state index in [-0.39, 0.29) is 18.7 Å². The summed E-state index contributed by atoms with van der Waals surface area (Å²) in [6, 6.07) is 7.04. The first-order valence-electron chi connectivity index (χ1n) is 6.86. The first-order chi connectivity index (χ1) is 9.94. The Kier molecular flexibility index (Phi) is 4.47. The summed E-state index contributed by atoms with van der Waals surface area (Å²) in [4.78, 5) is 25.7. The van der Waals surface area contributed by atoms with Crippen LogP contribution in [0.3, 0.4) is 0 Å². The van der Waals surface area contributed by atoms with Gasteiger partial charge in [0.1, 0.15) is 5.54 Å². The molecule has 0 saturated carbocycles. The van der Waals surface area contributed by atoms with Crippen molar-refractivity contribution in [2.75, 3.05) is 32.2 Å². The van der Waals surface area contributed by atoms with Gasteiger partial charge in [0.05, 0.1) is 0 Å². The highest BCUT2D eigenvalue weighted by molar-refractivity contribution is 5.98. The minimum Gasteiger partial charge on any atom is -0.480 e. The van der Waals surface area contributed by atoms with Crippen LogP contribution in [0, 0.1) is 0 Å². The lowest BCUT2D eigenvalue weighted by Gasteiger charge is -2.33. The fraction of sp³-hybridized carbons (Fsp3) is 0.467. The molecule has 0 spiro atoms. The lowest BCUT2D eigenvalue weighted by Crippen LogP contribution is -2.57. The van der Waals surface area contributed by atoms with Crippen molar-refractivity contribution in [1.82, 2.24) is 5.32 Å². The summed E-state index contributed by atoms with van der Waals surface area (Å²) < 4.78 is 5.18. The Labute approximate surface area is 123 Å². The Bertz CT molecular complexity index is 519. The molecule has 0 radical (unpaired) electrons. The van der Waals surface area contributed by atoms with E-state index in [1.54, 1.807) is 12.1 Å². The highest BCUT2D eigenvalue weighted by Crippen LogP contribution is 2.22. The molecule has 1 aromatic rings. The molecule has 1 aromatic carbocycles. The number of carbonyl (C=O) groups excluding carboxylic acids is 1. The number of anilines is 1. The molecule has 0 atom stereocenters. The van der Waals surface area contributed by atoms with Gasteiger partial charge in [-0.1, -0.05) is 0 Å². The highest BCUT2D eigenvalue weighted by atomic mass is 16.5. The van der Waals surface area contributed by atoms with E-state index in [4.69, 9.17) is 4.74 Å². The predicted molar refractivity (Wildman–Crippen MR) is 78.7 cm³/mol. The van der Waals surface area contributed by atoms with E-state index in [0.29, 0.717) is 18.8 Å². The van der Waals surface area contributed by atoms with Crippen molar-refractivity contribution < 1.29 is 19.4 Å². The van der Waals surface area contributed by atoms with Crippen molar-refractivity contribution in [3.63, 3.8) is 0 Å². The number of nitrogens with one attached hydrogen (secondary N) is 1. The maximum atomic E-state index is 12.3. The molecule has 1 heterocycles. The number of rotatable bonds is 4. The fourth-order valence-corrected chi connectivity index (χ4v) is 2.31. The van der Waals surface area contributed by atoms with E-state index in [1.165, 1.54) is 0 Å². The minimum atomic E-state index is -1.23. The Morgan fingerprint density at radius 1 is 1.19 bits per heavy atom. The SMILES string of the molecule is CN(C)c1ccc(C(=O)NC2(C(=O)O)CCOCC2)cc1. The Morgan fingerprint density at radius 2 is 1.76 bits per heavy atom. The maximum absolute atomic E-state index is 12.3. The van der Waals surface area contributed by atoms with E-state index in [1.807, 2.05) is 31.1 Å². The molecule has 2 N–H and O–H groups in total. The zero-order valence-electron chi connectivity index (χ0n) is 12.3. The zero-order chi connectivity index (χ0) is 15.5. The van der Waals surface area contributed by atoms with Gasteiger partial charge in [0, 0.05) is 51.4 Å². The number of amides is 1. The average molecular weight is 292 g/mol. The summed E-state index contributed by atoms with van der Waals surface area (Å²) in [6.45, 7) is 0.679. The third-order valence-electron chi connectivity index (χ3n) is 3.75. The molecule has 1 saturated heterocycles. The van der Waals surface area contributed by atoms with Crippen LogP contribution in [0.2, 0.25) is 0 Å². The lowest BCUT2D eigenvalue weighted by atomic mass is 9.89. The molecule has 0 unspecified atom stereocenters. The van der Waals surface area contributed by atoms with Crippen LogP contribution < -0.4 is 10.2 Å². The third-order valence-corrected chi connectivity index (χ3v) is 3.75. The summed E-state index contributed by atoms with van der Waals surface area (Å²) >= 11 is 0. The van der Waals surface area contributed by atoms with Crippen molar-refractivity contribution in [2.45, 2.75) is 18.4 Å². The number of aliphatic carboxylic acids is 1. The van der Waals surface area contributed by atoms with Crippen LogP contribution >= 0.6 is 0 Å². The second kappa shape index (κ2) is 6.13. The molecule has 0 bridgehead atoms. The number of carbonyl (C=O) groups is 2. The van der Waals surface area contributed by atoms with Crippen molar-refractivity contribution in [1.29, 1.82) is 0 Å². The number of carboxylic acids is 1. The molecule has 6 heteroatoms. The number of hydrogen-bond donors (Lipinski definition) is 2. The van der Waals surface area contributed by atoms with Gasteiger partial charge in [-0.25, -0.2) is 4.79 Å². The van der Waals surface area contributed by atoms with Crippen LogP contribution in [-0.4, -0.2) is 49.8 Å². The predicted octanol–water partition coefficient (Wildman–Crippen LogP) is 1.12. The zero-order valence-corrected chi connectivity index (χ0v) is 12.3. The van der Waals surface area contributed by atoms with E-state index in [2.05, 4.69) is 5.32 Å². The second-order valence-corrected chi connectivity index (χ2v) is 5.40. The van der Waals surface area contributed by atoms with Gasteiger partial charge >= 0.3 is 5.97 Å². The molecule has 0 aromatic heterocycles. The van der Waals surface area contributed by atoms with Gasteiger partial charge < -0.3 is 20.1 Å². The van der Waals surface area contributed by atoms with E-state index >= 15 is 0 Å². The maximum Gasteiger partial charge on any atom is 0.329 e. The van der Waals surface area contributed by atoms with Gasteiger partial charge in [0.15, 0.2) is 0 Å². The van der Waals surface area contributed by atoms with Crippen LogP contribution in [0.5, 0.6) is 0 Å². The van der Waals surface area contributed by atoms with E-state index in [9.17, 15) is 14.7 Å². The normalized spacial score (nSPS) is 17.0. The molecule has 0 aliphatic carbocycles. The Hall–Kier alpha value is -2.08. The monoisotopic (exact) mass is 292 g/mol. The molecule has 1 aliphatic rings. The summed E-state index contributed by atoms with van der Waals surface area (Å²) in [5.74, 6) is -1.38. The van der Waals surface area contributed by atoms with Gasteiger partial charge in [-0.3, -0.25) is 4.79 Å². The minimum absolute atomic E-state index is 0.282. The molecule has 2 rings (SSSR count). The van der Waals surface area contributed by atoms with Crippen molar-refractivity contribution in [2.24, 2.45) is 0 Å². The van der Waals surface area contributed by atoms with Crippen LogP contribution in [0.25, 0.3) is 0 Å². The summed E-state index contributed by atoms with van der Waals surface area (Å²) in [7, 11) is 3.83. The van der Waals surface area contributed by atoms with Crippen molar-refractivity contribution in [3.05, 3.63) is 29.8 Å². The van der Waals surface area contributed by atoms with Gasteiger partial charge in [0.2, 0.25) is 0 Å². The number of nitrogens with zero attached hydrogens (tertiary/aromatic N) is 1. The number of ether oxygens (including phenoxy) is 1. The van der Waals surface area contributed by atoms with Gasteiger partial charge in [-0.15, -0.1) is 0 Å². The largest absolute Gasteiger partial charge is 0.480 e. The highest BCUT2D eigenvalue weighted by Gasteiger charge is 2.41. The number of hydrogen-bond acceptors (Lipinski definition) is 4. The standard InChI is InChI=1S/C15H20N2O4/c1-17(2)12-5-3-11(4-6-12)13(18)16-15(14(19)20)7-9-21-10-8-15/h3-6H,7-10H2,1-2H3,(H,16,18)(H,19,20). The molecular weight excluding hydrogens is 272 g/mol. The van der Waals surface area contributed by atoms with Crippen LogP contribution in [0.4, 0.5) is 5.69 Å². The Morgan fingerprint density at radius 3 is 2.24 bits per heavy atom. The first kappa shape index (κ1) is 15.3. The quantitative estimate of drug-likeness (QED) is 0.869. The summed E-state index contributed by atoms with van der Waals surface area (Å²) in [5, 5.41) is 12.1. The fourth-order valence-electron chi connectivity index (χ4n) is 2.31. The molecular formula is C15H20N2O4. The molecule has 6 nitrogen and oxygen atoms in total. The average Bonchev–Trinajstić information content (AvgIpc) is 2.48. The van der Waals surface area contributed by atoms with Crippen LogP contribution in [0.15, 0.2) is 24.3 Å². The van der Waals surface area contributed by atoms with Gasteiger partial charge in [-0.2, -0.15) is 0 Å². The molecule has 114 valence electrons. The molecule has 1 aliphatic heterocycles. The van der Waals surface area contributed by atoms with Gasteiger partial charge in [0.25, 0.3) is 5.91 Å². The topological polar surface area (TPSA) is 78.9 Å². The number of carboxylic acid groups (broad SMARTS) is 1. The third kappa shape index (κ3) is 3.33. The number of benzene rings is 1. The van der Waals surface area contributed by atoms with Crippen LogP contribution in [-0.2, 0) is 9.53 Å². The molecule has 1 amide bonds. The van der Waals surface area contributed by atoms with Gasteiger partial charge in [-0.05, 0) is 24.3 Å². The second-order valence-electron chi connectivity index (χ2n) is 5.40. The van der Waals surface area contributed by atoms with Crippen molar-refractivity contribution in [3.8, 4) is 0 Å².